The second kappa shape index (κ2) is 6.24. The van der Waals surface area contributed by atoms with E-state index in [9.17, 15) is 0 Å². The first-order valence-electron chi connectivity index (χ1n) is 6.00. The molecule has 2 nitrogen and oxygen atoms in total. The van der Waals surface area contributed by atoms with Gasteiger partial charge < -0.3 is 10.6 Å². The van der Waals surface area contributed by atoms with Gasteiger partial charge in [-0.3, -0.25) is 0 Å². The molecule has 0 aromatic heterocycles. The summed E-state index contributed by atoms with van der Waals surface area (Å²) in [4.78, 5) is 0. The number of rotatable bonds is 4. The first-order chi connectivity index (χ1) is 7.84. The zero-order chi connectivity index (χ0) is 11.2. The maximum Gasteiger partial charge on any atom is 0.0409 e. The second-order valence-corrected chi connectivity index (χ2v) is 4.91. The molecule has 16 heavy (non-hydrogen) atoms. The maximum atomic E-state index is 5.93. The van der Waals surface area contributed by atoms with Crippen molar-refractivity contribution >= 4 is 11.6 Å². The molecule has 1 atom stereocenters. The number of hydrogen-bond acceptors (Lipinski definition) is 2. The van der Waals surface area contributed by atoms with E-state index in [1.54, 1.807) is 0 Å². The highest BCUT2D eigenvalue weighted by Gasteiger charge is 2.11. The van der Waals surface area contributed by atoms with Crippen molar-refractivity contribution in [3.05, 3.63) is 34.9 Å². The van der Waals surface area contributed by atoms with E-state index in [0.29, 0.717) is 0 Å². The molecule has 88 valence electrons. The zero-order valence-corrected chi connectivity index (χ0v) is 10.3. The fraction of sp³-hybridized carbons (Fsp3) is 0.538. The maximum absolute atomic E-state index is 5.93. The van der Waals surface area contributed by atoms with E-state index >= 15 is 0 Å². The van der Waals surface area contributed by atoms with E-state index in [1.807, 2.05) is 18.2 Å². The molecule has 1 fully saturated rings. The van der Waals surface area contributed by atoms with Crippen LogP contribution >= 0.6 is 11.6 Å². The van der Waals surface area contributed by atoms with Gasteiger partial charge in [-0.2, -0.15) is 0 Å². The van der Waals surface area contributed by atoms with E-state index in [0.717, 1.165) is 30.6 Å². The number of nitrogens with one attached hydrogen (secondary N) is 2. The number of piperidine rings is 1. The molecule has 0 radical (unpaired) electrons. The third-order valence-electron chi connectivity index (χ3n) is 3.05. The van der Waals surface area contributed by atoms with Crippen molar-refractivity contribution in [1.29, 1.82) is 0 Å². The van der Waals surface area contributed by atoms with Crippen LogP contribution < -0.4 is 10.6 Å². The fourth-order valence-electron chi connectivity index (χ4n) is 2.17. The molecule has 2 rings (SSSR count). The van der Waals surface area contributed by atoms with Crippen LogP contribution in [-0.4, -0.2) is 19.6 Å². The average molecular weight is 239 g/mol. The Morgan fingerprint density at radius 1 is 1.44 bits per heavy atom. The van der Waals surface area contributed by atoms with Gasteiger partial charge in [0.1, 0.15) is 0 Å². The molecule has 2 N–H and O–H groups in total. The minimum absolute atomic E-state index is 0.785. The van der Waals surface area contributed by atoms with Crippen molar-refractivity contribution < 1.29 is 0 Å². The van der Waals surface area contributed by atoms with Crippen molar-refractivity contribution in [3.8, 4) is 0 Å². The van der Waals surface area contributed by atoms with Gasteiger partial charge in [0.15, 0.2) is 0 Å². The van der Waals surface area contributed by atoms with Crippen LogP contribution in [0.4, 0.5) is 0 Å². The molecule has 1 aliphatic heterocycles. The lowest BCUT2D eigenvalue weighted by Gasteiger charge is -2.22. The number of benzene rings is 1. The van der Waals surface area contributed by atoms with Crippen LogP contribution in [0.2, 0.25) is 5.02 Å². The quantitative estimate of drug-likeness (QED) is 0.842. The molecule has 0 unspecified atom stereocenters. The first kappa shape index (κ1) is 11.9. The minimum Gasteiger partial charge on any atom is -0.316 e. The Balaban J connectivity index is 1.71. The van der Waals surface area contributed by atoms with Crippen molar-refractivity contribution in [2.75, 3.05) is 19.6 Å². The van der Waals surface area contributed by atoms with Crippen molar-refractivity contribution in [2.24, 2.45) is 5.92 Å². The Bertz CT molecular complexity index is 321. The predicted molar refractivity (Wildman–Crippen MR) is 68.8 cm³/mol. The summed E-state index contributed by atoms with van der Waals surface area (Å²) in [6.45, 7) is 4.35. The molecule has 3 heteroatoms. The molecular weight excluding hydrogens is 220 g/mol. The Kier molecular flexibility index (Phi) is 4.64. The lowest BCUT2D eigenvalue weighted by Crippen LogP contribution is -2.35. The van der Waals surface area contributed by atoms with Gasteiger partial charge in [-0.15, -0.1) is 0 Å². The monoisotopic (exact) mass is 238 g/mol. The number of halogens is 1. The molecule has 0 aliphatic carbocycles. The first-order valence-corrected chi connectivity index (χ1v) is 6.38. The largest absolute Gasteiger partial charge is 0.316 e. The summed E-state index contributed by atoms with van der Waals surface area (Å²) in [5.41, 5.74) is 1.26. The van der Waals surface area contributed by atoms with Gasteiger partial charge in [-0.1, -0.05) is 23.7 Å². The zero-order valence-electron chi connectivity index (χ0n) is 9.51. The summed E-state index contributed by atoms with van der Waals surface area (Å²) in [5, 5.41) is 7.75. The SMILES string of the molecule is Clc1cccc(CNC[C@H]2CCCNC2)c1. The average Bonchev–Trinajstić information content (AvgIpc) is 2.30. The van der Waals surface area contributed by atoms with Gasteiger partial charge in [0.25, 0.3) is 0 Å². The summed E-state index contributed by atoms with van der Waals surface area (Å²) in [6, 6.07) is 8.04. The van der Waals surface area contributed by atoms with Gasteiger partial charge >= 0.3 is 0 Å². The van der Waals surface area contributed by atoms with Crippen molar-refractivity contribution in [3.63, 3.8) is 0 Å². The van der Waals surface area contributed by atoms with Crippen LogP contribution in [0.3, 0.4) is 0 Å². The fourth-order valence-corrected chi connectivity index (χ4v) is 2.38. The van der Waals surface area contributed by atoms with E-state index < -0.39 is 0 Å². The summed E-state index contributed by atoms with van der Waals surface area (Å²) in [6.07, 6.45) is 2.65. The Morgan fingerprint density at radius 3 is 3.12 bits per heavy atom. The van der Waals surface area contributed by atoms with Gasteiger partial charge in [0, 0.05) is 11.6 Å². The smallest absolute Gasteiger partial charge is 0.0409 e. The summed E-state index contributed by atoms with van der Waals surface area (Å²) in [7, 11) is 0. The molecule has 1 aromatic rings. The van der Waals surface area contributed by atoms with Crippen LogP contribution in [0.5, 0.6) is 0 Å². The highest BCUT2D eigenvalue weighted by Crippen LogP contribution is 2.11. The highest BCUT2D eigenvalue weighted by atomic mass is 35.5. The van der Waals surface area contributed by atoms with Crippen LogP contribution in [0.1, 0.15) is 18.4 Å². The minimum atomic E-state index is 0.785. The summed E-state index contributed by atoms with van der Waals surface area (Å²) >= 11 is 5.93. The third-order valence-corrected chi connectivity index (χ3v) is 3.29. The lowest BCUT2D eigenvalue weighted by atomic mass is 10.00. The molecule has 1 aromatic carbocycles. The van der Waals surface area contributed by atoms with Crippen molar-refractivity contribution in [2.45, 2.75) is 19.4 Å². The van der Waals surface area contributed by atoms with E-state index in [1.165, 1.54) is 24.9 Å². The Morgan fingerprint density at radius 2 is 2.38 bits per heavy atom. The molecule has 1 heterocycles. The van der Waals surface area contributed by atoms with E-state index in [4.69, 9.17) is 11.6 Å². The Labute approximate surface area is 102 Å². The standard InChI is InChI=1S/C13H19ClN2/c14-13-5-1-3-11(7-13)8-16-10-12-4-2-6-15-9-12/h1,3,5,7,12,15-16H,2,4,6,8-10H2/t12-/m0/s1. The van der Waals surface area contributed by atoms with E-state index in [2.05, 4.69) is 16.7 Å². The van der Waals surface area contributed by atoms with Gasteiger partial charge in [0.05, 0.1) is 0 Å². The normalized spacial score (nSPS) is 20.9. The van der Waals surface area contributed by atoms with Crippen LogP contribution in [0.15, 0.2) is 24.3 Å². The summed E-state index contributed by atoms with van der Waals surface area (Å²) < 4.78 is 0. The van der Waals surface area contributed by atoms with Crippen LogP contribution in [0.25, 0.3) is 0 Å². The van der Waals surface area contributed by atoms with Crippen LogP contribution in [0, 0.1) is 5.92 Å². The summed E-state index contributed by atoms with van der Waals surface area (Å²) in [5.74, 6) is 0.785. The number of hydrogen-bond donors (Lipinski definition) is 2. The topological polar surface area (TPSA) is 24.1 Å². The molecule has 0 bridgehead atoms. The van der Waals surface area contributed by atoms with Gasteiger partial charge in [-0.25, -0.2) is 0 Å². The molecule has 0 amide bonds. The van der Waals surface area contributed by atoms with Crippen LogP contribution in [-0.2, 0) is 6.54 Å². The lowest BCUT2D eigenvalue weighted by molar-refractivity contribution is 0.360. The Hall–Kier alpha value is -0.570. The van der Waals surface area contributed by atoms with Gasteiger partial charge in [-0.05, 0) is 56.1 Å². The van der Waals surface area contributed by atoms with E-state index in [-0.39, 0.29) is 0 Å². The highest BCUT2D eigenvalue weighted by molar-refractivity contribution is 6.30. The van der Waals surface area contributed by atoms with Gasteiger partial charge in [0.2, 0.25) is 0 Å². The second-order valence-electron chi connectivity index (χ2n) is 4.47. The molecule has 1 aliphatic rings. The molecule has 0 spiro atoms. The van der Waals surface area contributed by atoms with Crippen molar-refractivity contribution in [1.82, 2.24) is 10.6 Å². The molecular formula is C13H19ClN2. The third kappa shape index (κ3) is 3.78. The molecule has 1 saturated heterocycles. The predicted octanol–water partition coefficient (Wildman–Crippen LogP) is 2.43. The molecule has 0 saturated carbocycles.